The highest BCUT2D eigenvalue weighted by molar-refractivity contribution is 7.12. The first-order valence-corrected chi connectivity index (χ1v) is 10.7. The third kappa shape index (κ3) is 3.75. The molecule has 2 aliphatic rings. The zero-order valence-corrected chi connectivity index (χ0v) is 16.5. The van der Waals surface area contributed by atoms with E-state index in [9.17, 15) is 14.7 Å². The molecule has 0 unspecified atom stereocenters. The molecule has 3 aromatic heterocycles. The van der Waals surface area contributed by atoms with Crippen LogP contribution >= 0.6 is 11.3 Å². The number of amides is 2. The van der Waals surface area contributed by atoms with Crippen molar-refractivity contribution < 1.29 is 14.7 Å². The van der Waals surface area contributed by atoms with E-state index >= 15 is 0 Å². The quantitative estimate of drug-likeness (QED) is 0.598. The molecule has 3 N–H and O–H groups in total. The number of aliphatic hydroxyl groups is 1. The Labute approximate surface area is 171 Å². The summed E-state index contributed by atoms with van der Waals surface area (Å²) in [5.41, 5.74) is 2.28. The number of thiazole rings is 1. The van der Waals surface area contributed by atoms with Gasteiger partial charge in [0, 0.05) is 23.1 Å². The lowest BCUT2D eigenvalue weighted by Crippen LogP contribution is -2.39. The molecule has 2 saturated carbocycles. The van der Waals surface area contributed by atoms with E-state index in [-0.39, 0.29) is 23.8 Å². The summed E-state index contributed by atoms with van der Waals surface area (Å²) in [6, 6.07) is 3.56. The van der Waals surface area contributed by atoms with Gasteiger partial charge in [-0.1, -0.05) is 0 Å². The average molecular weight is 411 g/mol. The van der Waals surface area contributed by atoms with E-state index in [1.165, 1.54) is 11.3 Å². The van der Waals surface area contributed by atoms with Gasteiger partial charge in [-0.15, -0.1) is 11.3 Å². The molecule has 5 rings (SSSR count). The molecule has 0 aliphatic heterocycles. The van der Waals surface area contributed by atoms with E-state index in [1.807, 2.05) is 28.1 Å². The van der Waals surface area contributed by atoms with Crippen LogP contribution in [0.25, 0.3) is 16.9 Å². The van der Waals surface area contributed by atoms with Crippen molar-refractivity contribution in [1.82, 2.24) is 19.7 Å². The third-order valence-corrected chi connectivity index (χ3v) is 6.28. The van der Waals surface area contributed by atoms with Crippen molar-refractivity contribution in [2.75, 3.05) is 5.32 Å². The van der Waals surface area contributed by atoms with Gasteiger partial charge in [-0.3, -0.25) is 9.59 Å². The predicted octanol–water partition coefficient (Wildman–Crippen LogP) is 2.45. The minimum absolute atomic E-state index is 0.0242. The number of imidazole rings is 1. The van der Waals surface area contributed by atoms with Gasteiger partial charge in [0.25, 0.3) is 5.91 Å². The molecule has 3 heterocycles. The van der Waals surface area contributed by atoms with Gasteiger partial charge >= 0.3 is 0 Å². The third-order valence-electron chi connectivity index (χ3n) is 5.44. The van der Waals surface area contributed by atoms with Crippen LogP contribution in [-0.2, 0) is 4.79 Å². The molecule has 8 nitrogen and oxygen atoms in total. The topological polar surface area (TPSA) is 109 Å². The van der Waals surface area contributed by atoms with E-state index in [2.05, 4.69) is 20.6 Å². The SMILES string of the molecule is O=C(N[C@H]1CCC[C@H]1O)c1nc(-c2ccc3nc(NC(=O)C4CC4)cn3c2)cs1. The van der Waals surface area contributed by atoms with Crippen LogP contribution in [0.2, 0.25) is 0 Å². The molecule has 2 aliphatic carbocycles. The Kier molecular flexibility index (Phi) is 4.56. The Morgan fingerprint density at radius 3 is 2.76 bits per heavy atom. The molecular weight excluding hydrogens is 390 g/mol. The largest absolute Gasteiger partial charge is 0.391 e. The van der Waals surface area contributed by atoms with Gasteiger partial charge in [-0.05, 0) is 44.2 Å². The fraction of sp³-hybridized carbons (Fsp3) is 0.400. The zero-order chi connectivity index (χ0) is 20.0. The van der Waals surface area contributed by atoms with Crippen molar-refractivity contribution in [3.63, 3.8) is 0 Å². The van der Waals surface area contributed by atoms with Crippen LogP contribution in [0.3, 0.4) is 0 Å². The monoisotopic (exact) mass is 411 g/mol. The highest BCUT2D eigenvalue weighted by Crippen LogP contribution is 2.30. The highest BCUT2D eigenvalue weighted by atomic mass is 32.1. The standard InChI is InChI=1S/C20H21N5O3S/c26-15-3-1-2-13(15)21-19(28)20-22-14(10-29-20)12-6-7-17-23-16(9-25(17)8-12)24-18(27)11-4-5-11/h6-11,13,15,26H,1-5H2,(H,21,28)(H,24,27)/t13-,15+/m0/s1. The first kappa shape index (κ1) is 18.3. The van der Waals surface area contributed by atoms with Gasteiger partial charge in [-0.25, -0.2) is 9.97 Å². The van der Waals surface area contributed by atoms with E-state index in [0.29, 0.717) is 16.5 Å². The number of nitrogens with zero attached hydrogens (tertiary/aromatic N) is 3. The average Bonchev–Trinajstić information content (AvgIpc) is 3.10. The van der Waals surface area contributed by atoms with Gasteiger partial charge in [0.2, 0.25) is 5.91 Å². The number of fused-ring (bicyclic) bond motifs is 1. The molecule has 0 bridgehead atoms. The molecule has 2 amide bonds. The molecule has 0 aromatic carbocycles. The highest BCUT2D eigenvalue weighted by Gasteiger charge is 2.30. The first-order chi connectivity index (χ1) is 14.1. The number of carbonyl (C=O) groups is 2. The van der Waals surface area contributed by atoms with Crippen LogP contribution in [0.4, 0.5) is 5.82 Å². The lowest BCUT2D eigenvalue weighted by Gasteiger charge is -2.15. The van der Waals surface area contributed by atoms with E-state index in [1.54, 1.807) is 6.20 Å². The van der Waals surface area contributed by atoms with Crippen molar-refractivity contribution in [3.05, 3.63) is 34.9 Å². The van der Waals surface area contributed by atoms with Crippen LogP contribution in [0.15, 0.2) is 29.9 Å². The number of rotatable bonds is 5. The Morgan fingerprint density at radius 1 is 1.14 bits per heavy atom. The summed E-state index contributed by atoms with van der Waals surface area (Å²) in [6.45, 7) is 0. The van der Waals surface area contributed by atoms with E-state index in [4.69, 9.17) is 0 Å². The summed E-state index contributed by atoms with van der Waals surface area (Å²) in [4.78, 5) is 33.3. The zero-order valence-electron chi connectivity index (χ0n) is 15.7. The van der Waals surface area contributed by atoms with Crippen LogP contribution < -0.4 is 10.6 Å². The number of aromatic nitrogens is 3. The van der Waals surface area contributed by atoms with Crippen molar-refractivity contribution in [3.8, 4) is 11.3 Å². The second-order valence-corrected chi connectivity index (χ2v) is 8.55. The molecule has 0 spiro atoms. The van der Waals surface area contributed by atoms with Crippen molar-refractivity contribution in [2.24, 2.45) is 5.92 Å². The van der Waals surface area contributed by atoms with Gasteiger partial charge in [0.1, 0.15) is 5.65 Å². The smallest absolute Gasteiger partial charge is 0.280 e. The fourth-order valence-corrected chi connectivity index (χ4v) is 4.36. The number of carbonyl (C=O) groups excluding carboxylic acids is 2. The Bertz CT molecular complexity index is 1090. The minimum Gasteiger partial charge on any atom is -0.391 e. The molecule has 2 fully saturated rings. The first-order valence-electron chi connectivity index (χ1n) is 9.81. The summed E-state index contributed by atoms with van der Waals surface area (Å²) in [7, 11) is 0. The van der Waals surface area contributed by atoms with Crippen molar-refractivity contribution in [2.45, 2.75) is 44.2 Å². The molecule has 0 saturated heterocycles. The maximum absolute atomic E-state index is 12.4. The van der Waals surface area contributed by atoms with Gasteiger partial charge in [0.15, 0.2) is 10.8 Å². The fourth-order valence-electron chi connectivity index (χ4n) is 3.63. The van der Waals surface area contributed by atoms with E-state index in [0.717, 1.165) is 43.3 Å². The Balaban J connectivity index is 1.32. The molecule has 29 heavy (non-hydrogen) atoms. The summed E-state index contributed by atoms with van der Waals surface area (Å²) in [5.74, 6) is 0.435. The Morgan fingerprint density at radius 2 is 2.00 bits per heavy atom. The maximum Gasteiger partial charge on any atom is 0.280 e. The van der Waals surface area contributed by atoms with Gasteiger partial charge < -0.3 is 20.1 Å². The van der Waals surface area contributed by atoms with Crippen molar-refractivity contribution in [1.29, 1.82) is 0 Å². The summed E-state index contributed by atoms with van der Waals surface area (Å²) in [5, 5.41) is 17.8. The molecule has 0 radical (unpaired) electrons. The molecule has 9 heteroatoms. The normalized spacial score (nSPS) is 21.4. The number of aliphatic hydroxyl groups excluding tert-OH is 1. The van der Waals surface area contributed by atoms with Crippen LogP contribution in [-0.4, -0.2) is 43.4 Å². The van der Waals surface area contributed by atoms with Crippen LogP contribution in [0, 0.1) is 5.92 Å². The predicted molar refractivity (Wildman–Crippen MR) is 109 cm³/mol. The Hall–Kier alpha value is -2.78. The van der Waals surface area contributed by atoms with E-state index < -0.39 is 6.10 Å². The second-order valence-electron chi connectivity index (χ2n) is 7.69. The van der Waals surface area contributed by atoms with Crippen molar-refractivity contribution >= 4 is 34.6 Å². The van der Waals surface area contributed by atoms with Gasteiger partial charge in [-0.2, -0.15) is 0 Å². The summed E-state index contributed by atoms with van der Waals surface area (Å²) in [6.07, 6.45) is 7.52. The summed E-state index contributed by atoms with van der Waals surface area (Å²) >= 11 is 1.28. The second kappa shape index (κ2) is 7.23. The summed E-state index contributed by atoms with van der Waals surface area (Å²) < 4.78 is 1.84. The lowest BCUT2D eigenvalue weighted by molar-refractivity contribution is -0.117. The lowest BCUT2D eigenvalue weighted by atomic mass is 10.2. The minimum atomic E-state index is -0.475. The molecular formula is C20H21N5O3S. The number of hydrogen-bond acceptors (Lipinski definition) is 6. The number of nitrogens with one attached hydrogen (secondary N) is 2. The van der Waals surface area contributed by atoms with Gasteiger partial charge in [0.05, 0.1) is 24.0 Å². The maximum atomic E-state index is 12.4. The number of pyridine rings is 1. The van der Waals surface area contributed by atoms with Crippen LogP contribution in [0.5, 0.6) is 0 Å². The number of anilines is 1. The molecule has 2 atom stereocenters. The molecule has 3 aromatic rings. The number of hydrogen-bond donors (Lipinski definition) is 3. The molecule has 150 valence electrons. The van der Waals surface area contributed by atoms with Crippen LogP contribution in [0.1, 0.15) is 41.9 Å².